The smallest absolute Gasteiger partial charge is 0.306 e. The number of ketones is 1. The molecule has 0 aliphatic carbocycles. The third-order valence-electron chi connectivity index (χ3n) is 2.36. The molecule has 0 aromatic carbocycles. The molecule has 1 N–H and O–H groups in total. The Morgan fingerprint density at radius 3 is 2.31 bits per heavy atom. The van der Waals surface area contributed by atoms with E-state index in [9.17, 15) is 9.59 Å². The summed E-state index contributed by atoms with van der Waals surface area (Å²) in [5.74, 6) is -0.744. The highest BCUT2D eigenvalue weighted by Gasteiger charge is 2.33. The molecule has 0 bridgehead atoms. The van der Waals surface area contributed by atoms with E-state index in [1.807, 2.05) is 0 Å². The SMILES string of the molecule is CCC(C)(CC(=O)OC)C(=O)CO. The van der Waals surface area contributed by atoms with Gasteiger partial charge in [-0.3, -0.25) is 9.59 Å². The normalized spacial score (nSPS) is 14.8. The highest BCUT2D eigenvalue weighted by molar-refractivity contribution is 5.89. The Kier molecular flexibility index (Phi) is 4.62. The number of ether oxygens (including phenoxy) is 1. The Morgan fingerprint density at radius 1 is 1.46 bits per heavy atom. The van der Waals surface area contributed by atoms with Crippen LogP contribution in [0.3, 0.4) is 0 Å². The molecule has 4 heteroatoms. The fraction of sp³-hybridized carbons (Fsp3) is 0.778. The van der Waals surface area contributed by atoms with Crippen LogP contribution in [0.5, 0.6) is 0 Å². The van der Waals surface area contributed by atoms with Crippen LogP contribution in [-0.4, -0.2) is 30.6 Å². The standard InChI is InChI=1S/C9H16O4/c1-4-9(2,7(11)6-10)5-8(12)13-3/h10H,4-6H2,1-3H3. The van der Waals surface area contributed by atoms with Crippen molar-refractivity contribution in [3.05, 3.63) is 0 Å². The van der Waals surface area contributed by atoms with Gasteiger partial charge in [-0.25, -0.2) is 0 Å². The van der Waals surface area contributed by atoms with Gasteiger partial charge in [-0.05, 0) is 6.42 Å². The van der Waals surface area contributed by atoms with Crippen LogP contribution in [-0.2, 0) is 14.3 Å². The minimum atomic E-state index is -0.790. The summed E-state index contributed by atoms with van der Waals surface area (Å²) in [5, 5.41) is 8.69. The number of rotatable bonds is 5. The van der Waals surface area contributed by atoms with E-state index >= 15 is 0 Å². The quantitative estimate of drug-likeness (QED) is 0.639. The van der Waals surface area contributed by atoms with Crippen LogP contribution in [0.2, 0.25) is 0 Å². The predicted molar refractivity (Wildman–Crippen MR) is 47.1 cm³/mol. The lowest BCUT2D eigenvalue weighted by Gasteiger charge is -2.23. The molecule has 0 heterocycles. The number of Topliss-reactive ketones (excluding diaryl/α,β-unsaturated/α-hetero) is 1. The Morgan fingerprint density at radius 2 is 2.00 bits per heavy atom. The number of hydrogen-bond acceptors (Lipinski definition) is 4. The second-order valence-electron chi connectivity index (χ2n) is 3.25. The number of hydrogen-bond donors (Lipinski definition) is 1. The van der Waals surface area contributed by atoms with Crippen LogP contribution < -0.4 is 0 Å². The molecule has 0 aromatic heterocycles. The van der Waals surface area contributed by atoms with Crippen molar-refractivity contribution < 1.29 is 19.4 Å². The van der Waals surface area contributed by atoms with Crippen LogP contribution in [0.1, 0.15) is 26.7 Å². The highest BCUT2D eigenvalue weighted by atomic mass is 16.5. The molecule has 0 spiro atoms. The van der Waals surface area contributed by atoms with Crippen molar-refractivity contribution in [2.75, 3.05) is 13.7 Å². The number of aliphatic hydroxyl groups is 1. The predicted octanol–water partition coefficient (Wildman–Crippen LogP) is 0.527. The largest absolute Gasteiger partial charge is 0.469 e. The molecule has 0 rings (SSSR count). The molecule has 0 aliphatic rings. The first-order chi connectivity index (χ1) is 6.00. The van der Waals surface area contributed by atoms with Gasteiger partial charge in [-0.1, -0.05) is 13.8 Å². The monoisotopic (exact) mass is 188 g/mol. The van der Waals surface area contributed by atoms with Crippen molar-refractivity contribution in [1.29, 1.82) is 0 Å². The zero-order chi connectivity index (χ0) is 10.5. The summed E-state index contributed by atoms with van der Waals surface area (Å²) in [5.41, 5.74) is -0.790. The lowest BCUT2D eigenvalue weighted by Crippen LogP contribution is -2.32. The maximum absolute atomic E-state index is 11.3. The van der Waals surface area contributed by atoms with Crippen LogP contribution >= 0.6 is 0 Å². The third kappa shape index (κ3) is 3.14. The zero-order valence-electron chi connectivity index (χ0n) is 8.29. The molecule has 13 heavy (non-hydrogen) atoms. The minimum absolute atomic E-state index is 0.0272. The van der Waals surface area contributed by atoms with Crippen LogP contribution in [0.4, 0.5) is 0 Å². The number of carbonyl (C=O) groups is 2. The van der Waals surface area contributed by atoms with E-state index in [1.54, 1.807) is 13.8 Å². The van der Waals surface area contributed by atoms with Crippen LogP contribution in [0.15, 0.2) is 0 Å². The first kappa shape index (κ1) is 12.1. The second-order valence-corrected chi connectivity index (χ2v) is 3.25. The first-order valence-corrected chi connectivity index (χ1v) is 4.21. The Labute approximate surface area is 77.9 Å². The van der Waals surface area contributed by atoms with E-state index in [-0.39, 0.29) is 12.2 Å². The summed E-state index contributed by atoms with van der Waals surface area (Å²) in [6.45, 7) is 2.93. The maximum Gasteiger partial charge on any atom is 0.306 e. The molecule has 0 aliphatic heterocycles. The van der Waals surface area contributed by atoms with Crippen molar-refractivity contribution in [3.8, 4) is 0 Å². The Balaban J connectivity index is 4.45. The van der Waals surface area contributed by atoms with Gasteiger partial charge < -0.3 is 9.84 Å². The number of carbonyl (C=O) groups excluding carboxylic acids is 2. The fourth-order valence-electron chi connectivity index (χ4n) is 1.00. The fourth-order valence-corrected chi connectivity index (χ4v) is 1.00. The molecule has 0 fully saturated rings. The maximum atomic E-state index is 11.3. The van der Waals surface area contributed by atoms with E-state index in [0.717, 1.165) is 0 Å². The molecule has 1 unspecified atom stereocenters. The molecule has 0 saturated heterocycles. The van der Waals surface area contributed by atoms with E-state index in [0.29, 0.717) is 6.42 Å². The second kappa shape index (κ2) is 4.97. The molecule has 0 radical (unpaired) electrons. The van der Waals surface area contributed by atoms with E-state index in [1.165, 1.54) is 7.11 Å². The molecule has 76 valence electrons. The molecule has 0 amide bonds. The summed E-state index contributed by atoms with van der Waals surface area (Å²) in [7, 11) is 1.28. The lowest BCUT2D eigenvalue weighted by atomic mass is 9.80. The van der Waals surface area contributed by atoms with Gasteiger partial charge in [0.25, 0.3) is 0 Å². The van der Waals surface area contributed by atoms with Crippen LogP contribution in [0, 0.1) is 5.41 Å². The van der Waals surface area contributed by atoms with Gasteiger partial charge in [0, 0.05) is 5.41 Å². The van der Waals surface area contributed by atoms with Crippen molar-refractivity contribution in [2.24, 2.45) is 5.41 Å². The summed E-state index contributed by atoms with van der Waals surface area (Å²) in [6, 6.07) is 0. The van der Waals surface area contributed by atoms with Gasteiger partial charge in [0.1, 0.15) is 6.61 Å². The van der Waals surface area contributed by atoms with E-state index in [4.69, 9.17) is 5.11 Å². The van der Waals surface area contributed by atoms with Gasteiger partial charge in [0.2, 0.25) is 0 Å². The molecule has 0 saturated carbocycles. The van der Waals surface area contributed by atoms with E-state index < -0.39 is 18.0 Å². The molecule has 0 aromatic rings. The summed E-state index contributed by atoms with van der Waals surface area (Å²) < 4.78 is 4.47. The third-order valence-corrected chi connectivity index (χ3v) is 2.36. The lowest BCUT2D eigenvalue weighted by molar-refractivity contribution is -0.147. The van der Waals surface area contributed by atoms with Crippen molar-refractivity contribution in [2.45, 2.75) is 26.7 Å². The molecule has 1 atom stereocenters. The number of esters is 1. The van der Waals surface area contributed by atoms with Gasteiger partial charge >= 0.3 is 5.97 Å². The average molecular weight is 188 g/mol. The Hall–Kier alpha value is -0.900. The molecule has 4 nitrogen and oxygen atoms in total. The van der Waals surface area contributed by atoms with Gasteiger partial charge in [-0.2, -0.15) is 0 Å². The highest BCUT2D eigenvalue weighted by Crippen LogP contribution is 2.27. The van der Waals surface area contributed by atoms with E-state index in [2.05, 4.69) is 4.74 Å². The van der Waals surface area contributed by atoms with Gasteiger partial charge in [0.05, 0.1) is 13.5 Å². The summed E-state index contributed by atoms with van der Waals surface area (Å²) >= 11 is 0. The number of aliphatic hydroxyl groups excluding tert-OH is 1. The molecular formula is C9H16O4. The topological polar surface area (TPSA) is 63.6 Å². The zero-order valence-corrected chi connectivity index (χ0v) is 8.29. The summed E-state index contributed by atoms with van der Waals surface area (Å²) in [4.78, 5) is 22.2. The number of methoxy groups -OCH3 is 1. The van der Waals surface area contributed by atoms with Crippen molar-refractivity contribution in [3.63, 3.8) is 0 Å². The van der Waals surface area contributed by atoms with Gasteiger partial charge in [-0.15, -0.1) is 0 Å². The van der Waals surface area contributed by atoms with Crippen LogP contribution in [0.25, 0.3) is 0 Å². The minimum Gasteiger partial charge on any atom is -0.469 e. The van der Waals surface area contributed by atoms with Crippen molar-refractivity contribution >= 4 is 11.8 Å². The van der Waals surface area contributed by atoms with Gasteiger partial charge in [0.15, 0.2) is 5.78 Å². The summed E-state index contributed by atoms with van der Waals surface area (Å²) in [6.07, 6.45) is 0.543. The molecular weight excluding hydrogens is 172 g/mol. The first-order valence-electron chi connectivity index (χ1n) is 4.21. The van der Waals surface area contributed by atoms with Crippen molar-refractivity contribution in [1.82, 2.24) is 0 Å². The average Bonchev–Trinajstić information content (AvgIpc) is 2.15. The Bertz CT molecular complexity index is 200.